The normalized spacial score (nSPS) is 12.1. The highest BCUT2D eigenvalue weighted by Crippen LogP contribution is 2.45. The van der Waals surface area contributed by atoms with Crippen molar-refractivity contribution in [3.05, 3.63) is 188 Å². The van der Waals surface area contributed by atoms with E-state index in [-0.39, 0.29) is 0 Å². The van der Waals surface area contributed by atoms with E-state index in [2.05, 4.69) is 168 Å². The molecule has 0 amide bonds. The van der Waals surface area contributed by atoms with E-state index in [0.29, 0.717) is 0 Å². The first-order chi connectivity index (χ1) is 28.7. The van der Waals surface area contributed by atoms with E-state index in [9.17, 15) is 0 Å². The molecule has 13 rings (SSSR count). The predicted octanol–water partition coefficient (Wildman–Crippen LogP) is 16.0. The third-order valence-electron chi connectivity index (χ3n) is 12.0. The molecule has 0 aliphatic carbocycles. The van der Waals surface area contributed by atoms with Gasteiger partial charge in [-0.15, -0.1) is 11.3 Å². The van der Waals surface area contributed by atoms with Crippen LogP contribution in [0.25, 0.3) is 125 Å². The molecule has 3 nitrogen and oxygen atoms in total. The molecule has 0 unspecified atom stereocenters. The van der Waals surface area contributed by atoms with Gasteiger partial charge in [0.15, 0.2) is 0 Å². The van der Waals surface area contributed by atoms with Crippen molar-refractivity contribution in [2.45, 2.75) is 0 Å². The van der Waals surface area contributed by atoms with Crippen LogP contribution in [-0.4, -0.2) is 4.57 Å². The number of thiophene rings is 1. The summed E-state index contributed by atoms with van der Waals surface area (Å²) in [5, 5.41) is 9.56. The van der Waals surface area contributed by atoms with Gasteiger partial charge >= 0.3 is 0 Å². The second-order valence-electron chi connectivity index (χ2n) is 15.2. The number of nitrogens with zero attached hydrogens (tertiary/aromatic N) is 1. The molecule has 58 heavy (non-hydrogen) atoms. The quantitative estimate of drug-likeness (QED) is 0.179. The van der Waals surface area contributed by atoms with Crippen molar-refractivity contribution in [2.24, 2.45) is 0 Å². The van der Waals surface area contributed by atoms with Crippen LogP contribution in [-0.2, 0) is 0 Å². The van der Waals surface area contributed by atoms with E-state index in [1.54, 1.807) is 0 Å². The van der Waals surface area contributed by atoms with Crippen molar-refractivity contribution in [1.29, 1.82) is 0 Å². The summed E-state index contributed by atoms with van der Waals surface area (Å²) < 4.78 is 17.6. The van der Waals surface area contributed by atoms with Crippen LogP contribution in [0.3, 0.4) is 0 Å². The van der Waals surface area contributed by atoms with Gasteiger partial charge in [-0.05, 0) is 112 Å². The zero-order chi connectivity index (χ0) is 37.9. The first-order valence-corrected chi connectivity index (χ1v) is 20.5. The van der Waals surface area contributed by atoms with Crippen molar-refractivity contribution in [3.8, 4) is 39.1 Å². The molecule has 13 aromatic rings. The van der Waals surface area contributed by atoms with Crippen LogP contribution in [0.5, 0.6) is 0 Å². The highest BCUT2D eigenvalue weighted by Gasteiger charge is 2.21. The third-order valence-corrected chi connectivity index (χ3v) is 13.2. The van der Waals surface area contributed by atoms with Crippen molar-refractivity contribution >= 4 is 97.2 Å². The van der Waals surface area contributed by atoms with Gasteiger partial charge < -0.3 is 13.4 Å². The molecule has 9 aromatic carbocycles. The molecule has 0 bridgehead atoms. The third kappa shape index (κ3) is 4.61. The minimum absolute atomic E-state index is 0.896. The number of aromatic nitrogens is 1. The number of hydrogen-bond donors (Lipinski definition) is 0. The predicted molar refractivity (Wildman–Crippen MR) is 245 cm³/mol. The molecule has 270 valence electrons. The number of benzene rings is 9. The van der Waals surface area contributed by atoms with Gasteiger partial charge in [0.2, 0.25) is 0 Å². The molecule has 0 saturated carbocycles. The second kappa shape index (κ2) is 12.1. The molecular weight excluding hydrogens is 727 g/mol. The Hall–Kier alpha value is -7.40. The maximum Gasteiger partial charge on any atom is 0.135 e. The molecule has 0 aliphatic rings. The highest BCUT2D eigenvalue weighted by molar-refractivity contribution is 7.25. The topological polar surface area (TPSA) is 31.2 Å². The smallest absolute Gasteiger partial charge is 0.135 e. The first-order valence-electron chi connectivity index (χ1n) is 19.7. The highest BCUT2D eigenvalue weighted by atomic mass is 32.1. The fourth-order valence-corrected chi connectivity index (χ4v) is 10.4. The lowest BCUT2D eigenvalue weighted by atomic mass is 9.93. The first kappa shape index (κ1) is 31.8. The molecule has 0 spiro atoms. The van der Waals surface area contributed by atoms with Gasteiger partial charge in [-0.25, -0.2) is 0 Å². The number of fused-ring (bicyclic) bond motifs is 12. The molecule has 0 saturated heterocycles. The minimum atomic E-state index is 0.896. The maximum absolute atomic E-state index is 6.26. The van der Waals surface area contributed by atoms with E-state index >= 15 is 0 Å². The Bertz CT molecular complexity index is 3630. The molecule has 0 atom stereocenters. The molecule has 0 N–H and O–H groups in total. The molecule has 0 fully saturated rings. The summed E-state index contributed by atoms with van der Waals surface area (Å²) in [6, 6.07) is 68.0. The number of hydrogen-bond acceptors (Lipinski definition) is 3. The van der Waals surface area contributed by atoms with E-state index in [4.69, 9.17) is 8.83 Å². The summed E-state index contributed by atoms with van der Waals surface area (Å²) in [6.07, 6.45) is 0. The van der Waals surface area contributed by atoms with Crippen LogP contribution < -0.4 is 0 Å². The Morgan fingerprint density at radius 3 is 1.43 bits per heavy atom. The van der Waals surface area contributed by atoms with Gasteiger partial charge in [0, 0.05) is 58.2 Å². The van der Waals surface area contributed by atoms with E-state index < -0.39 is 0 Å². The summed E-state index contributed by atoms with van der Waals surface area (Å²) in [4.78, 5) is 0. The van der Waals surface area contributed by atoms with Crippen LogP contribution in [0.4, 0.5) is 0 Å². The van der Waals surface area contributed by atoms with Crippen LogP contribution >= 0.6 is 11.3 Å². The zero-order valence-electron chi connectivity index (χ0n) is 31.1. The number of para-hydroxylation sites is 2. The van der Waals surface area contributed by atoms with Gasteiger partial charge in [-0.3, -0.25) is 0 Å². The second-order valence-corrected chi connectivity index (χ2v) is 16.3. The molecular formula is C54H31NO2S. The van der Waals surface area contributed by atoms with E-state index in [0.717, 1.165) is 71.7 Å². The lowest BCUT2D eigenvalue weighted by molar-refractivity contribution is 0.668. The fourth-order valence-electron chi connectivity index (χ4n) is 9.36. The Morgan fingerprint density at radius 1 is 0.328 bits per heavy atom. The Kier molecular flexibility index (Phi) is 6.60. The Balaban J connectivity index is 1.05. The fraction of sp³-hybridized carbons (Fsp3) is 0. The van der Waals surface area contributed by atoms with Crippen LogP contribution in [0.1, 0.15) is 0 Å². The lowest BCUT2D eigenvalue weighted by Crippen LogP contribution is -1.94. The summed E-state index contributed by atoms with van der Waals surface area (Å²) in [6.45, 7) is 0. The molecule has 4 aromatic heterocycles. The summed E-state index contributed by atoms with van der Waals surface area (Å²) in [5.41, 5.74) is 14.1. The number of furan rings is 2. The Labute approximate surface area is 336 Å². The average Bonchev–Trinajstić information content (AvgIpc) is 4.04. The van der Waals surface area contributed by atoms with Crippen LogP contribution in [0.2, 0.25) is 0 Å². The minimum Gasteiger partial charge on any atom is -0.456 e. The summed E-state index contributed by atoms with van der Waals surface area (Å²) in [7, 11) is 0. The van der Waals surface area contributed by atoms with Gasteiger partial charge in [0.25, 0.3) is 0 Å². The lowest BCUT2D eigenvalue weighted by Gasteiger charge is -2.10. The number of rotatable bonds is 4. The van der Waals surface area contributed by atoms with Gasteiger partial charge in [-0.2, -0.15) is 0 Å². The maximum atomic E-state index is 6.26. The van der Waals surface area contributed by atoms with Crippen molar-refractivity contribution in [1.82, 2.24) is 4.57 Å². The van der Waals surface area contributed by atoms with E-state index in [1.807, 2.05) is 35.6 Å². The molecule has 0 aliphatic heterocycles. The SMILES string of the molecule is c1ccc2c(c1)oc1ccc(-c3cccc4c3c3c(-c5ccc6oc7ccccc7c6c5)cccc3n4-c3ccc(-c4ccc5sc6ccccc6c5c4)cc3)cc12. The van der Waals surface area contributed by atoms with Gasteiger partial charge in [-0.1, -0.05) is 109 Å². The van der Waals surface area contributed by atoms with Crippen molar-refractivity contribution in [3.63, 3.8) is 0 Å². The molecule has 4 heteroatoms. The van der Waals surface area contributed by atoms with E-state index in [1.165, 1.54) is 53.2 Å². The molecule has 0 radical (unpaired) electrons. The Morgan fingerprint density at radius 2 is 0.810 bits per heavy atom. The van der Waals surface area contributed by atoms with Crippen LogP contribution in [0.15, 0.2) is 197 Å². The van der Waals surface area contributed by atoms with Crippen LogP contribution in [0, 0.1) is 0 Å². The zero-order valence-corrected chi connectivity index (χ0v) is 31.9. The largest absolute Gasteiger partial charge is 0.456 e. The average molecular weight is 758 g/mol. The molecule has 4 heterocycles. The van der Waals surface area contributed by atoms with Gasteiger partial charge in [0.05, 0.1) is 11.0 Å². The standard InChI is InChI=1S/C54H31NO2S/c1-4-16-47-39(9-1)42-30-34(21-26-49(42)56-47)37-12-7-14-45-53(37)54-38(35-22-27-50-43(31-35)40-10-2-5-17-48(40)57-50)13-8-15-46(54)55(45)36-24-19-32(20-25-36)33-23-28-52-44(29-33)41-11-3-6-18-51(41)58-52/h1-31H. The van der Waals surface area contributed by atoms with Gasteiger partial charge in [0.1, 0.15) is 22.3 Å². The monoisotopic (exact) mass is 757 g/mol. The summed E-state index contributed by atoms with van der Waals surface area (Å²) >= 11 is 1.86. The van der Waals surface area contributed by atoms with Crippen molar-refractivity contribution in [2.75, 3.05) is 0 Å². The van der Waals surface area contributed by atoms with Crippen molar-refractivity contribution < 1.29 is 8.83 Å². The summed E-state index contributed by atoms with van der Waals surface area (Å²) in [5.74, 6) is 0.